The number of aromatic nitrogens is 3. The minimum Gasteiger partial charge on any atom is -0.309 e. The molecule has 0 aromatic carbocycles. The van der Waals surface area contributed by atoms with E-state index in [0.29, 0.717) is 12.0 Å². The van der Waals surface area contributed by atoms with Crippen molar-refractivity contribution in [2.75, 3.05) is 6.54 Å². The van der Waals surface area contributed by atoms with Gasteiger partial charge in [0.05, 0.1) is 16.6 Å². The van der Waals surface area contributed by atoms with Gasteiger partial charge in [-0.05, 0) is 49.0 Å². The van der Waals surface area contributed by atoms with Crippen LogP contribution in [-0.2, 0) is 12.8 Å². The normalized spacial score (nSPS) is 19.0. The highest BCUT2D eigenvalue weighted by Crippen LogP contribution is 2.42. The van der Waals surface area contributed by atoms with Gasteiger partial charge >= 0.3 is 0 Å². The molecule has 0 saturated heterocycles. The summed E-state index contributed by atoms with van der Waals surface area (Å²) < 4.78 is 4.15. The second-order valence-corrected chi connectivity index (χ2v) is 5.95. The van der Waals surface area contributed by atoms with Gasteiger partial charge in [-0.2, -0.15) is 0 Å². The van der Waals surface area contributed by atoms with Gasteiger partial charge in [-0.15, -0.1) is 5.10 Å². The average molecular weight is 288 g/mol. The second kappa shape index (κ2) is 5.97. The fourth-order valence-corrected chi connectivity index (χ4v) is 3.98. The van der Waals surface area contributed by atoms with Crippen LogP contribution in [0.3, 0.4) is 0 Å². The summed E-state index contributed by atoms with van der Waals surface area (Å²) in [6.07, 6.45) is 5.13. The minimum atomic E-state index is 0.297. The summed E-state index contributed by atoms with van der Waals surface area (Å²) in [5.41, 5.74) is 3.79. The van der Waals surface area contributed by atoms with Gasteiger partial charge in [0.25, 0.3) is 0 Å². The number of fused-ring (bicyclic) bond motifs is 1. The van der Waals surface area contributed by atoms with Crippen molar-refractivity contribution in [3.8, 4) is 0 Å². The minimum absolute atomic E-state index is 0.297. The Labute approximate surface area is 123 Å². The van der Waals surface area contributed by atoms with Gasteiger partial charge in [0.1, 0.15) is 0 Å². The molecule has 1 aliphatic rings. The van der Waals surface area contributed by atoms with Crippen molar-refractivity contribution in [1.29, 1.82) is 0 Å². The summed E-state index contributed by atoms with van der Waals surface area (Å²) in [6.45, 7) is 5.25. The summed E-state index contributed by atoms with van der Waals surface area (Å²) in [5.74, 6) is 0.443. The van der Waals surface area contributed by atoms with Crippen molar-refractivity contribution >= 4 is 11.5 Å². The molecule has 2 aromatic rings. The number of pyridine rings is 1. The molecule has 20 heavy (non-hydrogen) atoms. The van der Waals surface area contributed by atoms with E-state index in [2.05, 4.69) is 39.8 Å². The van der Waals surface area contributed by atoms with Crippen molar-refractivity contribution in [2.24, 2.45) is 0 Å². The number of hydrogen-bond donors (Lipinski definition) is 1. The van der Waals surface area contributed by atoms with E-state index in [1.165, 1.54) is 27.7 Å². The SMILES string of the molecule is CCNC(c1snnc1CC)C1CCc2cccnc21. The van der Waals surface area contributed by atoms with Gasteiger partial charge in [0.2, 0.25) is 0 Å². The molecule has 106 valence electrons. The summed E-state index contributed by atoms with van der Waals surface area (Å²) in [6, 6.07) is 4.54. The molecule has 2 atom stereocenters. The molecule has 0 radical (unpaired) electrons. The first-order chi connectivity index (χ1) is 9.85. The summed E-state index contributed by atoms with van der Waals surface area (Å²) in [4.78, 5) is 5.92. The van der Waals surface area contributed by atoms with Crippen LogP contribution in [0.25, 0.3) is 0 Å². The second-order valence-electron chi connectivity index (χ2n) is 5.17. The van der Waals surface area contributed by atoms with E-state index in [-0.39, 0.29) is 0 Å². The van der Waals surface area contributed by atoms with Crippen LogP contribution in [0.5, 0.6) is 0 Å². The fourth-order valence-electron chi connectivity index (χ4n) is 3.10. The monoisotopic (exact) mass is 288 g/mol. The first-order valence-electron chi connectivity index (χ1n) is 7.33. The van der Waals surface area contributed by atoms with E-state index in [0.717, 1.165) is 31.5 Å². The van der Waals surface area contributed by atoms with Crippen LogP contribution in [0.15, 0.2) is 18.3 Å². The molecule has 1 N–H and O–H groups in total. The molecule has 0 bridgehead atoms. The van der Waals surface area contributed by atoms with Crippen LogP contribution in [0.4, 0.5) is 0 Å². The topological polar surface area (TPSA) is 50.7 Å². The number of rotatable bonds is 5. The Morgan fingerprint density at radius 1 is 1.45 bits per heavy atom. The fraction of sp³-hybridized carbons (Fsp3) is 0.533. The third-order valence-corrected chi connectivity index (χ3v) is 4.88. The standard InChI is InChI=1S/C15H20N4S/c1-3-12-15(20-19-18-12)14(16-4-2)11-8-7-10-6-5-9-17-13(10)11/h5-6,9,11,14,16H,3-4,7-8H2,1-2H3. The van der Waals surface area contributed by atoms with Gasteiger partial charge < -0.3 is 5.32 Å². The predicted octanol–water partition coefficient (Wildman–Crippen LogP) is 2.88. The van der Waals surface area contributed by atoms with E-state index >= 15 is 0 Å². The van der Waals surface area contributed by atoms with E-state index in [1.54, 1.807) is 0 Å². The molecule has 2 unspecified atom stereocenters. The molecule has 5 heteroatoms. The lowest BCUT2D eigenvalue weighted by molar-refractivity contribution is 0.450. The summed E-state index contributed by atoms with van der Waals surface area (Å²) in [7, 11) is 0. The molecule has 4 nitrogen and oxygen atoms in total. The Morgan fingerprint density at radius 3 is 3.15 bits per heavy atom. The quantitative estimate of drug-likeness (QED) is 0.919. The smallest absolute Gasteiger partial charge is 0.0801 e. The Bertz CT molecular complexity index is 581. The average Bonchev–Trinajstić information content (AvgIpc) is 3.11. The Kier molecular flexibility index (Phi) is 4.08. The lowest BCUT2D eigenvalue weighted by atomic mass is 9.94. The zero-order valence-electron chi connectivity index (χ0n) is 12.0. The van der Waals surface area contributed by atoms with Crippen LogP contribution < -0.4 is 5.32 Å². The Hall–Kier alpha value is -1.33. The van der Waals surface area contributed by atoms with Gasteiger partial charge in [0, 0.05) is 17.8 Å². The van der Waals surface area contributed by atoms with Gasteiger partial charge in [-0.25, -0.2) is 0 Å². The molecule has 0 saturated carbocycles. The van der Waals surface area contributed by atoms with Crippen LogP contribution in [0.1, 0.15) is 54.1 Å². The van der Waals surface area contributed by atoms with Crippen molar-refractivity contribution in [3.63, 3.8) is 0 Å². The maximum absolute atomic E-state index is 4.63. The molecule has 2 aromatic heterocycles. The highest BCUT2D eigenvalue weighted by molar-refractivity contribution is 7.05. The van der Waals surface area contributed by atoms with E-state index < -0.39 is 0 Å². The van der Waals surface area contributed by atoms with Gasteiger partial charge in [0.15, 0.2) is 0 Å². The van der Waals surface area contributed by atoms with Crippen LogP contribution in [0, 0.1) is 0 Å². The third kappa shape index (κ3) is 2.36. The number of likely N-dealkylation sites (N-methyl/N-ethyl adjacent to an activating group) is 1. The van der Waals surface area contributed by atoms with E-state index in [4.69, 9.17) is 0 Å². The summed E-state index contributed by atoms with van der Waals surface area (Å²) >= 11 is 1.53. The lowest BCUT2D eigenvalue weighted by Gasteiger charge is -2.23. The molecule has 0 amide bonds. The number of nitrogens with one attached hydrogen (secondary N) is 1. The molecule has 2 heterocycles. The largest absolute Gasteiger partial charge is 0.309 e. The molecular weight excluding hydrogens is 268 g/mol. The van der Waals surface area contributed by atoms with Gasteiger partial charge in [-0.1, -0.05) is 24.4 Å². The number of aryl methyl sites for hydroxylation is 2. The Balaban J connectivity index is 1.96. The summed E-state index contributed by atoms with van der Waals surface area (Å²) in [5, 5.41) is 7.91. The van der Waals surface area contributed by atoms with E-state index in [1.807, 2.05) is 12.3 Å². The predicted molar refractivity (Wildman–Crippen MR) is 81.0 cm³/mol. The molecular formula is C15H20N4S. The van der Waals surface area contributed by atoms with Crippen molar-refractivity contribution in [2.45, 2.75) is 45.1 Å². The Morgan fingerprint density at radius 2 is 2.35 bits per heavy atom. The van der Waals surface area contributed by atoms with Crippen molar-refractivity contribution in [1.82, 2.24) is 19.9 Å². The van der Waals surface area contributed by atoms with Crippen molar-refractivity contribution < 1.29 is 0 Å². The highest BCUT2D eigenvalue weighted by atomic mass is 32.1. The van der Waals surface area contributed by atoms with Crippen LogP contribution >= 0.6 is 11.5 Å². The van der Waals surface area contributed by atoms with E-state index in [9.17, 15) is 0 Å². The first-order valence-corrected chi connectivity index (χ1v) is 8.10. The molecule has 0 aliphatic heterocycles. The molecule has 0 spiro atoms. The number of nitrogens with zero attached hydrogens (tertiary/aromatic N) is 3. The maximum atomic E-state index is 4.63. The first kappa shape index (κ1) is 13.6. The molecule has 0 fully saturated rings. The maximum Gasteiger partial charge on any atom is 0.0801 e. The number of hydrogen-bond acceptors (Lipinski definition) is 5. The van der Waals surface area contributed by atoms with Crippen LogP contribution in [-0.4, -0.2) is 21.1 Å². The van der Waals surface area contributed by atoms with Crippen molar-refractivity contribution in [3.05, 3.63) is 40.2 Å². The molecule has 3 rings (SSSR count). The van der Waals surface area contributed by atoms with Crippen LogP contribution in [0.2, 0.25) is 0 Å². The molecule has 1 aliphatic carbocycles. The van der Waals surface area contributed by atoms with Gasteiger partial charge in [-0.3, -0.25) is 4.98 Å². The zero-order chi connectivity index (χ0) is 13.9. The zero-order valence-corrected chi connectivity index (χ0v) is 12.8. The third-order valence-electron chi connectivity index (χ3n) is 4.03. The highest BCUT2D eigenvalue weighted by Gasteiger charge is 2.33. The lowest BCUT2D eigenvalue weighted by Crippen LogP contribution is -2.26.